The van der Waals surface area contributed by atoms with Crippen LogP contribution in [-0.2, 0) is 4.74 Å². The van der Waals surface area contributed by atoms with Crippen LogP contribution in [0.2, 0.25) is 0 Å². The van der Waals surface area contributed by atoms with E-state index in [1.807, 2.05) is 18.4 Å². The summed E-state index contributed by atoms with van der Waals surface area (Å²) in [7, 11) is 1.82. The maximum atomic E-state index is 5.80. The summed E-state index contributed by atoms with van der Waals surface area (Å²) in [6, 6.07) is 2.48. The van der Waals surface area contributed by atoms with Crippen molar-refractivity contribution in [1.82, 2.24) is 5.32 Å². The molecule has 2 atom stereocenters. The Labute approximate surface area is 116 Å². The molecule has 2 nitrogen and oxygen atoms in total. The molecule has 0 fully saturated rings. The molecular formula is C15H27NOS. The lowest BCUT2D eigenvalue weighted by molar-refractivity contribution is -0.0112. The molecule has 0 amide bonds. The van der Waals surface area contributed by atoms with Crippen LogP contribution in [0.25, 0.3) is 0 Å². The van der Waals surface area contributed by atoms with Gasteiger partial charge < -0.3 is 10.1 Å². The van der Waals surface area contributed by atoms with Crippen molar-refractivity contribution in [3.63, 3.8) is 0 Å². The molecule has 3 heteroatoms. The molecule has 1 rings (SSSR count). The maximum absolute atomic E-state index is 5.80. The molecule has 0 aromatic carbocycles. The van der Waals surface area contributed by atoms with Crippen molar-refractivity contribution in [2.24, 2.45) is 5.41 Å². The van der Waals surface area contributed by atoms with E-state index < -0.39 is 0 Å². The van der Waals surface area contributed by atoms with Crippen molar-refractivity contribution in [2.45, 2.75) is 53.2 Å². The monoisotopic (exact) mass is 269 g/mol. The van der Waals surface area contributed by atoms with Gasteiger partial charge in [0.25, 0.3) is 0 Å². The molecule has 0 saturated heterocycles. The van der Waals surface area contributed by atoms with Gasteiger partial charge in [0.05, 0.1) is 12.1 Å². The number of methoxy groups -OCH3 is 1. The number of nitrogens with one attached hydrogen (secondary N) is 1. The Morgan fingerprint density at radius 1 is 1.39 bits per heavy atom. The topological polar surface area (TPSA) is 21.3 Å². The average molecular weight is 269 g/mol. The van der Waals surface area contributed by atoms with Crippen molar-refractivity contribution >= 4 is 11.3 Å². The first-order valence-corrected chi connectivity index (χ1v) is 7.60. The van der Waals surface area contributed by atoms with E-state index >= 15 is 0 Å². The highest BCUT2D eigenvalue weighted by molar-refractivity contribution is 7.10. The highest BCUT2D eigenvalue weighted by Gasteiger charge is 2.34. The van der Waals surface area contributed by atoms with Gasteiger partial charge in [0, 0.05) is 12.0 Å². The standard InChI is InChI=1S/C15H27NOS/c1-7-9-16-12(13-11(2)8-10-18-13)14(17-6)15(3,4)5/h8,10,12,14,16H,7,9H2,1-6H3. The third kappa shape index (κ3) is 3.81. The van der Waals surface area contributed by atoms with Gasteiger partial charge in [0.15, 0.2) is 0 Å². The minimum absolute atomic E-state index is 0.122. The van der Waals surface area contributed by atoms with Crippen LogP contribution in [0.4, 0.5) is 0 Å². The summed E-state index contributed by atoms with van der Waals surface area (Å²) < 4.78 is 5.80. The zero-order valence-electron chi connectivity index (χ0n) is 12.5. The van der Waals surface area contributed by atoms with Crippen LogP contribution in [0.5, 0.6) is 0 Å². The second kappa shape index (κ2) is 6.69. The van der Waals surface area contributed by atoms with Gasteiger partial charge >= 0.3 is 0 Å². The summed E-state index contributed by atoms with van der Waals surface area (Å²) >= 11 is 1.83. The number of rotatable bonds is 6. The SMILES string of the molecule is CCCNC(c1sccc1C)C(OC)C(C)(C)C. The molecular weight excluding hydrogens is 242 g/mol. The Hall–Kier alpha value is -0.380. The lowest BCUT2D eigenvalue weighted by Crippen LogP contribution is -2.41. The molecule has 1 heterocycles. The maximum Gasteiger partial charge on any atom is 0.0822 e. The zero-order valence-corrected chi connectivity index (χ0v) is 13.4. The molecule has 1 N–H and O–H groups in total. The van der Waals surface area contributed by atoms with Crippen LogP contribution in [-0.4, -0.2) is 19.8 Å². The quantitative estimate of drug-likeness (QED) is 0.837. The van der Waals surface area contributed by atoms with E-state index in [9.17, 15) is 0 Å². The largest absolute Gasteiger partial charge is 0.379 e. The summed E-state index contributed by atoms with van der Waals surface area (Å²) in [5.41, 5.74) is 1.48. The molecule has 0 radical (unpaired) electrons. The van der Waals surface area contributed by atoms with E-state index in [0.717, 1.165) is 13.0 Å². The van der Waals surface area contributed by atoms with Crippen LogP contribution in [0.15, 0.2) is 11.4 Å². The van der Waals surface area contributed by atoms with Crippen molar-refractivity contribution in [3.05, 3.63) is 21.9 Å². The molecule has 18 heavy (non-hydrogen) atoms. The Morgan fingerprint density at radius 3 is 2.44 bits per heavy atom. The summed E-state index contributed by atoms with van der Waals surface area (Å²) in [5.74, 6) is 0. The average Bonchev–Trinajstić information content (AvgIpc) is 2.68. The van der Waals surface area contributed by atoms with Crippen LogP contribution in [0, 0.1) is 12.3 Å². The van der Waals surface area contributed by atoms with Gasteiger partial charge in [-0.05, 0) is 42.3 Å². The highest BCUT2D eigenvalue weighted by Crippen LogP contribution is 2.36. The fourth-order valence-electron chi connectivity index (χ4n) is 2.33. The fraction of sp³-hybridized carbons (Fsp3) is 0.733. The van der Waals surface area contributed by atoms with Crippen molar-refractivity contribution < 1.29 is 4.74 Å². The first-order valence-electron chi connectivity index (χ1n) is 6.72. The van der Waals surface area contributed by atoms with Gasteiger partial charge in [0.2, 0.25) is 0 Å². The van der Waals surface area contributed by atoms with Crippen LogP contribution >= 0.6 is 11.3 Å². The predicted octanol–water partition coefficient (Wildman–Crippen LogP) is 4.16. The Bertz CT molecular complexity index is 354. The van der Waals surface area contributed by atoms with E-state index in [0.29, 0.717) is 0 Å². The fourth-order valence-corrected chi connectivity index (χ4v) is 3.36. The Balaban J connectivity index is 3.00. The van der Waals surface area contributed by atoms with Gasteiger partial charge in [-0.3, -0.25) is 0 Å². The molecule has 0 aliphatic rings. The predicted molar refractivity (Wildman–Crippen MR) is 80.3 cm³/mol. The molecule has 0 spiro atoms. The van der Waals surface area contributed by atoms with Gasteiger partial charge in [0.1, 0.15) is 0 Å². The third-order valence-electron chi connectivity index (χ3n) is 3.21. The Morgan fingerprint density at radius 2 is 2.06 bits per heavy atom. The number of thiophene rings is 1. The lowest BCUT2D eigenvalue weighted by Gasteiger charge is -2.36. The van der Waals surface area contributed by atoms with Crippen molar-refractivity contribution in [3.8, 4) is 0 Å². The van der Waals surface area contributed by atoms with Gasteiger partial charge in [-0.15, -0.1) is 11.3 Å². The van der Waals surface area contributed by atoms with E-state index in [2.05, 4.69) is 51.4 Å². The molecule has 1 aromatic rings. The second-order valence-electron chi connectivity index (χ2n) is 5.92. The van der Waals surface area contributed by atoms with Gasteiger partial charge in [-0.25, -0.2) is 0 Å². The van der Waals surface area contributed by atoms with Crippen LogP contribution in [0.1, 0.15) is 50.6 Å². The molecule has 0 aliphatic heterocycles. The first kappa shape index (κ1) is 15.7. The molecule has 0 bridgehead atoms. The lowest BCUT2D eigenvalue weighted by atomic mass is 9.83. The zero-order chi connectivity index (χ0) is 13.8. The third-order valence-corrected chi connectivity index (χ3v) is 4.31. The van der Waals surface area contributed by atoms with Gasteiger partial charge in [-0.1, -0.05) is 27.7 Å². The molecule has 0 saturated carbocycles. The number of hydrogen-bond acceptors (Lipinski definition) is 3. The number of ether oxygens (including phenoxy) is 1. The Kier molecular flexibility index (Phi) is 5.83. The molecule has 2 unspecified atom stereocenters. The van der Waals surface area contributed by atoms with E-state index in [4.69, 9.17) is 4.74 Å². The highest BCUT2D eigenvalue weighted by atomic mass is 32.1. The van der Waals surface area contributed by atoms with E-state index in [1.165, 1.54) is 10.4 Å². The van der Waals surface area contributed by atoms with Crippen LogP contribution < -0.4 is 5.32 Å². The molecule has 104 valence electrons. The van der Waals surface area contributed by atoms with Crippen LogP contribution in [0.3, 0.4) is 0 Å². The molecule has 0 aliphatic carbocycles. The minimum atomic E-state index is 0.122. The minimum Gasteiger partial charge on any atom is -0.379 e. The number of hydrogen-bond donors (Lipinski definition) is 1. The smallest absolute Gasteiger partial charge is 0.0822 e. The number of aryl methyl sites for hydroxylation is 1. The second-order valence-corrected chi connectivity index (χ2v) is 6.87. The summed E-state index contributed by atoms with van der Waals surface area (Å²) in [4.78, 5) is 1.41. The molecule has 1 aromatic heterocycles. The first-order chi connectivity index (χ1) is 8.41. The summed E-state index contributed by atoms with van der Waals surface area (Å²) in [5, 5.41) is 5.82. The van der Waals surface area contributed by atoms with Gasteiger partial charge in [-0.2, -0.15) is 0 Å². The summed E-state index contributed by atoms with van der Waals surface area (Å²) in [6.07, 6.45) is 1.32. The van der Waals surface area contributed by atoms with Crippen molar-refractivity contribution in [2.75, 3.05) is 13.7 Å². The normalized spacial score (nSPS) is 15.7. The van der Waals surface area contributed by atoms with E-state index in [-0.39, 0.29) is 17.6 Å². The van der Waals surface area contributed by atoms with E-state index in [1.54, 1.807) is 0 Å². The summed E-state index contributed by atoms with van der Waals surface area (Å²) in [6.45, 7) is 12.1. The van der Waals surface area contributed by atoms with Crippen molar-refractivity contribution in [1.29, 1.82) is 0 Å².